The van der Waals surface area contributed by atoms with Crippen molar-refractivity contribution in [1.82, 2.24) is 9.55 Å². The minimum absolute atomic E-state index is 0.237. The average Bonchev–Trinajstić information content (AvgIpc) is 3.26. The van der Waals surface area contributed by atoms with Crippen LogP contribution >= 0.6 is 23.2 Å². The van der Waals surface area contributed by atoms with Crippen molar-refractivity contribution in [2.45, 2.75) is 38.6 Å². The summed E-state index contributed by atoms with van der Waals surface area (Å²) < 4.78 is 2.33. The maximum atomic E-state index is 12.7. The SMILES string of the molecule is Cc1cn(C2CCCC2)c2cc(C(=O)Nc3c(Cl)cncc3Cl)ccc12. The molecule has 26 heavy (non-hydrogen) atoms. The number of carbonyl (C=O) groups excluding carboxylic acids is 1. The van der Waals surface area contributed by atoms with Gasteiger partial charge in [-0.05, 0) is 37.5 Å². The van der Waals surface area contributed by atoms with Gasteiger partial charge in [-0.1, -0.05) is 42.1 Å². The summed E-state index contributed by atoms with van der Waals surface area (Å²) in [5.41, 5.74) is 3.31. The van der Waals surface area contributed by atoms with E-state index in [1.54, 1.807) is 0 Å². The Morgan fingerprint density at radius 3 is 2.58 bits per heavy atom. The lowest BCUT2D eigenvalue weighted by atomic mass is 10.1. The van der Waals surface area contributed by atoms with Crippen molar-refractivity contribution in [3.8, 4) is 0 Å². The second kappa shape index (κ2) is 6.93. The molecular weight excluding hydrogens is 369 g/mol. The largest absolute Gasteiger partial charge is 0.344 e. The van der Waals surface area contributed by atoms with E-state index in [-0.39, 0.29) is 5.91 Å². The highest BCUT2D eigenvalue weighted by atomic mass is 35.5. The third kappa shape index (κ3) is 3.08. The van der Waals surface area contributed by atoms with Gasteiger partial charge in [-0.3, -0.25) is 9.78 Å². The Kier molecular flexibility index (Phi) is 4.63. The maximum absolute atomic E-state index is 12.7. The van der Waals surface area contributed by atoms with E-state index < -0.39 is 0 Å². The van der Waals surface area contributed by atoms with Crippen molar-refractivity contribution in [3.05, 3.63) is 58.0 Å². The number of hydrogen-bond acceptors (Lipinski definition) is 2. The van der Waals surface area contributed by atoms with Gasteiger partial charge in [-0.15, -0.1) is 0 Å². The minimum Gasteiger partial charge on any atom is -0.344 e. The van der Waals surface area contributed by atoms with Crippen molar-refractivity contribution in [2.75, 3.05) is 5.32 Å². The number of halogens is 2. The molecule has 0 spiro atoms. The molecule has 1 amide bonds. The number of aromatic nitrogens is 2. The highest BCUT2D eigenvalue weighted by Crippen LogP contribution is 2.35. The molecule has 2 aromatic heterocycles. The second-order valence-corrected chi connectivity index (χ2v) is 7.64. The molecule has 1 aliphatic rings. The smallest absolute Gasteiger partial charge is 0.255 e. The lowest BCUT2D eigenvalue weighted by Gasteiger charge is -2.14. The van der Waals surface area contributed by atoms with Gasteiger partial charge in [0.25, 0.3) is 5.91 Å². The molecule has 4 nitrogen and oxygen atoms in total. The molecule has 0 unspecified atom stereocenters. The number of hydrogen-bond donors (Lipinski definition) is 1. The van der Waals surface area contributed by atoms with Gasteiger partial charge < -0.3 is 9.88 Å². The van der Waals surface area contributed by atoms with Gasteiger partial charge in [0, 0.05) is 41.1 Å². The molecule has 1 fully saturated rings. The standard InChI is InChI=1S/C20H19Cl2N3O/c1-12-11-25(14-4-2-3-5-14)18-8-13(6-7-15(12)18)20(26)24-19-16(21)9-23-10-17(19)22/h6-11,14H,2-5H2,1H3,(H,23,24,26). The number of anilines is 1. The molecule has 1 N–H and O–H groups in total. The predicted molar refractivity (Wildman–Crippen MR) is 106 cm³/mol. The molecular formula is C20H19Cl2N3O. The van der Waals surface area contributed by atoms with Gasteiger partial charge in [0.15, 0.2) is 0 Å². The van der Waals surface area contributed by atoms with Gasteiger partial charge in [-0.2, -0.15) is 0 Å². The predicted octanol–water partition coefficient (Wildman–Crippen LogP) is 6.02. The van der Waals surface area contributed by atoms with Crippen LogP contribution < -0.4 is 5.32 Å². The lowest BCUT2D eigenvalue weighted by Crippen LogP contribution is -2.13. The third-order valence-electron chi connectivity index (χ3n) is 5.11. The number of fused-ring (bicyclic) bond motifs is 1. The second-order valence-electron chi connectivity index (χ2n) is 6.82. The van der Waals surface area contributed by atoms with E-state index in [1.165, 1.54) is 49.0 Å². The van der Waals surface area contributed by atoms with E-state index >= 15 is 0 Å². The van der Waals surface area contributed by atoms with Crippen LogP contribution in [0.1, 0.15) is 47.6 Å². The number of carbonyl (C=O) groups is 1. The van der Waals surface area contributed by atoms with Crippen LogP contribution in [0.4, 0.5) is 5.69 Å². The van der Waals surface area contributed by atoms with Gasteiger partial charge in [0.05, 0.1) is 15.7 Å². The summed E-state index contributed by atoms with van der Waals surface area (Å²) in [6, 6.07) is 6.33. The number of rotatable bonds is 3. The first kappa shape index (κ1) is 17.4. The van der Waals surface area contributed by atoms with E-state index in [9.17, 15) is 4.79 Å². The first-order chi connectivity index (χ1) is 12.5. The number of pyridine rings is 1. The van der Waals surface area contributed by atoms with Crippen LogP contribution in [-0.4, -0.2) is 15.5 Å². The fourth-order valence-corrected chi connectivity index (χ4v) is 4.23. The molecule has 0 aliphatic heterocycles. The van der Waals surface area contributed by atoms with Gasteiger partial charge in [0.1, 0.15) is 0 Å². The number of nitrogens with one attached hydrogen (secondary N) is 1. The average molecular weight is 388 g/mol. The van der Waals surface area contributed by atoms with Gasteiger partial charge in [0.2, 0.25) is 0 Å². The summed E-state index contributed by atoms with van der Waals surface area (Å²) in [7, 11) is 0. The fraction of sp³-hybridized carbons (Fsp3) is 0.300. The van der Waals surface area contributed by atoms with Crippen LogP contribution in [0.3, 0.4) is 0 Å². The Labute approximate surface area is 162 Å². The number of aryl methyl sites for hydroxylation is 1. The summed E-state index contributed by atoms with van der Waals surface area (Å²) >= 11 is 12.2. The molecule has 1 aliphatic carbocycles. The summed E-state index contributed by atoms with van der Waals surface area (Å²) in [4.78, 5) is 16.6. The minimum atomic E-state index is -0.237. The zero-order chi connectivity index (χ0) is 18.3. The van der Waals surface area contributed by atoms with Crippen molar-refractivity contribution in [3.63, 3.8) is 0 Å². The highest BCUT2D eigenvalue weighted by molar-refractivity contribution is 6.39. The van der Waals surface area contributed by atoms with Crippen molar-refractivity contribution >= 4 is 45.7 Å². The van der Waals surface area contributed by atoms with Gasteiger partial charge in [-0.25, -0.2) is 0 Å². The van der Waals surface area contributed by atoms with Crippen molar-refractivity contribution in [2.24, 2.45) is 0 Å². The van der Waals surface area contributed by atoms with Crippen LogP contribution in [0.2, 0.25) is 10.0 Å². The van der Waals surface area contributed by atoms with E-state index in [4.69, 9.17) is 23.2 Å². The van der Waals surface area contributed by atoms with Crippen molar-refractivity contribution < 1.29 is 4.79 Å². The van der Waals surface area contributed by atoms with E-state index in [0.717, 1.165) is 5.52 Å². The number of nitrogens with zero attached hydrogens (tertiary/aromatic N) is 2. The maximum Gasteiger partial charge on any atom is 0.255 e. The molecule has 0 saturated heterocycles. The van der Waals surface area contributed by atoms with Crippen LogP contribution in [0.15, 0.2) is 36.8 Å². The van der Waals surface area contributed by atoms with Crippen LogP contribution in [0.25, 0.3) is 10.9 Å². The van der Waals surface area contributed by atoms with E-state index in [2.05, 4.69) is 28.0 Å². The van der Waals surface area contributed by atoms with Gasteiger partial charge >= 0.3 is 0 Å². The Morgan fingerprint density at radius 1 is 1.19 bits per heavy atom. The first-order valence-electron chi connectivity index (χ1n) is 8.76. The van der Waals surface area contributed by atoms with E-state index in [1.807, 2.05) is 18.2 Å². The normalized spacial score (nSPS) is 14.9. The Bertz CT molecular complexity index is 970. The molecule has 1 saturated carbocycles. The molecule has 0 bridgehead atoms. The first-order valence-corrected chi connectivity index (χ1v) is 9.51. The van der Waals surface area contributed by atoms with Crippen molar-refractivity contribution in [1.29, 1.82) is 0 Å². The van der Waals surface area contributed by atoms with E-state index in [0.29, 0.717) is 27.3 Å². The Hall–Kier alpha value is -2.04. The van der Waals surface area contributed by atoms with Crippen LogP contribution in [0, 0.1) is 6.92 Å². The molecule has 0 radical (unpaired) electrons. The molecule has 6 heteroatoms. The summed E-state index contributed by atoms with van der Waals surface area (Å²) in [5.74, 6) is -0.237. The lowest BCUT2D eigenvalue weighted by molar-refractivity contribution is 0.102. The quantitative estimate of drug-likeness (QED) is 0.597. The fourth-order valence-electron chi connectivity index (χ4n) is 3.77. The molecule has 2 heterocycles. The molecule has 1 aromatic carbocycles. The Morgan fingerprint density at radius 2 is 1.88 bits per heavy atom. The highest BCUT2D eigenvalue weighted by Gasteiger charge is 2.20. The number of amides is 1. The zero-order valence-corrected chi connectivity index (χ0v) is 15.9. The molecule has 3 aromatic rings. The molecule has 134 valence electrons. The third-order valence-corrected chi connectivity index (χ3v) is 5.68. The number of benzene rings is 1. The summed E-state index contributed by atoms with van der Waals surface area (Å²) in [5, 5.41) is 4.63. The van der Waals surface area contributed by atoms with Crippen LogP contribution in [0.5, 0.6) is 0 Å². The molecule has 0 atom stereocenters. The topological polar surface area (TPSA) is 46.9 Å². The Balaban J connectivity index is 1.70. The monoisotopic (exact) mass is 387 g/mol. The summed E-state index contributed by atoms with van der Waals surface area (Å²) in [6.07, 6.45) is 10.1. The summed E-state index contributed by atoms with van der Waals surface area (Å²) in [6.45, 7) is 2.12. The van der Waals surface area contributed by atoms with Crippen LogP contribution in [-0.2, 0) is 0 Å². The molecule has 4 rings (SSSR count). The zero-order valence-electron chi connectivity index (χ0n) is 14.4.